The first-order valence-electron chi connectivity index (χ1n) is 3.59. The second-order valence-electron chi connectivity index (χ2n) is 2.53. The third-order valence-corrected chi connectivity index (χ3v) is 1.78. The Balaban J connectivity index is 0.00000121. The van der Waals surface area contributed by atoms with Crippen molar-refractivity contribution in [3.8, 4) is 0 Å². The molecule has 1 fully saturated rings. The Morgan fingerprint density at radius 1 is 1.42 bits per heavy atom. The van der Waals surface area contributed by atoms with E-state index in [2.05, 4.69) is 0 Å². The fraction of sp³-hybridized carbons (Fsp3) is 0.571. The molecule has 0 aromatic heterocycles. The predicted molar refractivity (Wildman–Crippen MR) is 39.3 cm³/mol. The summed E-state index contributed by atoms with van der Waals surface area (Å²) in [4.78, 5) is 23.2. The van der Waals surface area contributed by atoms with Crippen molar-refractivity contribution in [1.29, 1.82) is 0 Å². The zero-order valence-electron chi connectivity index (χ0n) is 6.82. The van der Waals surface area contributed by atoms with Crippen molar-refractivity contribution in [3.63, 3.8) is 0 Å². The number of Topliss-reactive ketones (excluding diaryl/α,β-unsaturated/α-hetero) is 1. The number of amides is 1. The van der Waals surface area contributed by atoms with E-state index in [9.17, 15) is 9.59 Å². The third kappa shape index (κ3) is 3.21. The number of rotatable bonds is 1. The van der Waals surface area contributed by atoms with E-state index in [-0.39, 0.29) is 44.4 Å². The van der Waals surface area contributed by atoms with Gasteiger partial charge in [-0.3, -0.25) is 4.79 Å². The van der Waals surface area contributed by atoms with Crippen molar-refractivity contribution in [2.45, 2.75) is 12.8 Å². The average Bonchev–Trinajstić information content (AvgIpc) is 2.05. The quantitative estimate of drug-likeness (QED) is 0.620. The molecule has 12 heavy (non-hydrogen) atoms. The molecule has 1 heterocycles. The van der Waals surface area contributed by atoms with E-state index in [0.29, 0.717) is 25.9 Å². The van der Waals surface area contributed by atoms with Crippen LogP contribution in [-0.4, -0.2) is 29.7 Å². The minimum atomic E-state index is -0.183. The van der Waals surface area contributed by atoms with Crippen molar-refractivity contribution in [2.75, 3.05) is 13.1 Å². The largest absolute Gasteiger partial charge is 0.460 e. The standard InChI is InChI=1S/C7H11N2O2.Y/c8-5-7(11)9-3-1-6(10)2-4-9;/h5H,1-4,8H2;/q-1;. The molecule has 0 spiro atoms. The Morgan fingerprint density at radius 2 is 1.92 bits per heavy atom. The van der Waals surface area contributed by atoms with Crippen LogP contribution in [0.4, 0.5) is 0 Å². The van der Waals surface area contributed by atoms with Gasteiger partial charge in [0.1, 0.15) is 5.78 Å². The molecule has 0 aromatic carbocycles. The van der Waals surface area contributed by atoms with Gasteiger partial charge < -0.3 is 15.4 Å². The predicted octanol–water partition coefficient (Wildman–Crippen LogP) is -0.704. The maximum Gasteiger partial charge on any atom is 0.136 e. The van der Waals surface area contributed by atoms with Crippen LogP contribution in [0.15, 0.2) is 0 Å². The Labute approximate surface area is 96.7 Å². The van der Waals surface area contributed by atoms with Crippen LogP contribution in [0.1, 0.15) is 12.8 Å². The number of nitrogens with two attached hydrogens (primary N) is 1. The van der Waals surface area contributed by atoms with Crippen molar-refractivity contribution < 1.29 is 42.3 Å². The zero-order valence-corrected chi connectivity index (χ0v) is 9.66. The van der Waals surface area contributed by atoms with Crippen molar-refractivity contribution in [3.05, 3.63) is 6.54 Å². The number of nitrogens with zero attached hydrogens (tertiary/aromatic N) is 1. The Morgan fingerprint density at radius 3 is 2.33 bits per heavy atom. The SMILES string of the molecule is N[CH-]C(=O)N1CCC(=O)CC1.[Y]. The van der Waals surface area contributed by atoms with Crippen LogP contribution in [0.2, 0.25) is 0 Å². The Hall–Kier alpha value is 0.0739. The summed E-state index contributed by atoms with van der Waals surface area (Å²) >= 11 is 0. The molecule has 0 aliphatic carbocycles. The fourth-order valence-corrected chi connectivity index (χ4v) is 1.08. The molecule has 4 nitrogen and oxygen atoms in total. The van der Waals surface area contributed by atoms with Gasteiger partial charge in [-0.05, 0) is 0 Å². The first-order chi connectivity index (χ1) is 5.24. The second-order valence-corrected chi connectivity index (χ2v) is 2.53. The topological polar surface area (TPSA) is 63.4 Å². The van der Waals surface area contributed by atoms with Gasteiger partial charge in [-0.1, -0.05) is 0 Å². The molecule has 1 saturated heterocycles. The molecule has 1 rings (SSSR count). The molecular formula is C7H11N2O2Y-. The number of piperidine rings is 1. The summed E-state index contributed by atoms with van der Waals surface area (Å²) in [5.41, 5.74) is 5.04. The smallest absolute Gasteiger partial charge is 0.136 e. The molecule has 1 aliphatic rings. The molecule has 2 N–H and O–H groups in total. The summed E-state index contributed by atoms with van der Waals surface area (Å²) in [5.74, 6) is 0.0450. The number of carbonyl (C=O) groups excluding carboxylic acids is 2. The van der Waals surface area contributed by atoms with E-state index in [1.807, 2.05) is 0 Å². The van der Waals surface area contributed by atoms with E-state index < -0.39 is 0 Å². The number of hydrogen-bond acceptors (Lipinski definition) is 3. The summed E-state index contributed by atoms with van der Waals surface area (Å²) in [7, 11) is 0. The molecular weight excluding hydrogens is 233 g/mol. The second kappa shape index (κ2) is 5.67. The Kier molecular flexibility index (Phi) is 5.71. The average molecular weight is 244 g/mol. The van der Waals surface area contributed by atoms with Gasteiger partial charge in [0.05, 0.1) is 5.91 Å². The first kappa shape index (κ1) is 12.1. The molecule has 0 aromatic rings. The number of ketones is 1. The summed E-state index contributed by atoms with van der Waals surface area (Å²) in [6.07, 6.45) is 0.944. The molecule has 5 heteroatoms. The molecule has 1 radical (unpaired) electrons. The molecule has 0 saturated carbocycles. The van der Waals surface area contributed by atoms with Gasteiger partial charge in [-0.25, -0.2) is 6.54 Å². The first-order valence-corrected chi connectivity index (χ1v) is 3.59. The van der Waals surface area contributed by atoms with Gasteiger partial charge in [0.15, 0.2) is 0 Å². The van der Waals surface area contributed by atoms with Gasteiger partial charge in [-0.15, -0.1) is 0 Å². The van der Waals surface area contributed by atoms with E-state index in [1.165, 1.54) is 0 Å². The van der Waals surface area contributed by atoms with Crippen LogP contribution >= 0.6 is 0 Å². The summed E-state index contributed by atoms with van der Waals surface area (Å²) in [5, 5.41) is 0. The minimum absolute atomic E-state index is 0. The molecule has 0 unspecified atom stereocenters. The van der Waals surface area contributed by atoms with Crippen LogP contribution in [0, 0.1) is 6.54 Å². The normalized spacial score (nSPS) is 16.8. The van der Waals surface area contributed by atoms with Gasteiger partial charge >= 0.3 is 0 Å². The van der Waals surface area contributed by atoms with E-state index in [0.717, 1.165) is 6.54 Å². The van der Waals surface area contributed by atoms with Gasteiger partial charge in [0.2, 0.25) is 0 Å². The zero-order chi connectivity index (χ0) is 8.27. The summed E-state index contributed by atoms with van der Waals surface area (Å²) in [6.45, 7) is 2.08. The fourth-order valence-electron chi connectivity index (χ4n) is 1.08. The van der Waals surface area contributed by atoms with Crippen molar-refractivity contribution in [2.24, 2.45) is 5.73 Å². The third-order valence-electron chi connectivity index (χ3n) is 1.78. The molecule has 65 valence electrons. The number of hydrogen-bond donors (Lipinski definition) is 1. The van der Waals surface area contributed by atoms with Crippen LogP contribution in [0.5, 0.6) is 0 Å². The molecule has 1 amide bonds. The summed E-state index contributed by atoms with van der Waals surface area (Å²) < 4.78 is 0. The van der Waals surface area contributed by atoms with Crippen LogP contribution in [0.3, 0.4) is 0 Å². The monoisotopic (exact) mass is 244 g/mol. The van der Waals surface area contributed by atoms with E-state index in [4.69, 9.17) is 5.73 Å². The van der Waals surface area contributed by atoms with Crippen LogP contribution < -0.4 is 5.73 Å². The summed E-state index contributed by atoms with van der Waals surface area (Å²) in [6, 6.07) is 0. The molecule has 0 bridgehead atoms. The Bertz CT molecular complexity index is 174. The van der Waals surface area contributed by atoms with Crippen molar-refractivity contribution in [1.82, 2.24) is 4.90 Å². The van der Waals surface area contributed by atoms with Crippen LogP contribution in [0.25, 0.3) is 0 Å². The molecule has 0 atom stereocenters. The van der Waals surface area contributed by atoms with Gasteiger partial charge in [-0.2, -0.15) is 0 Å². The molecule has 1 aliphatic heterocycles. The van der Waals surface area contributed by atoms with Gasteiger partial charge in [0, 0.05) is 58.6 Å². The minimum Gasteiger partial charge on any atom is -0.460 e. The maximum absolute atomic E-state index is 10.9. The maximum atomic E-state index is 10.9. The number of carbonyl (C=O) groups is 2. The van der Waals surface area contributed by atoms with Crippen molar-refractivity contribution >= 4 is 11.7 Å². The van der Waals surface area contributed by atoms with E-state index >= 15 is 0 Å². The van der Waals surface area contributed by atoms with E-state index in [1.54, 1.807) is 4.90 Å². The number of likely N-dealkylation sites (tertiary alicyclic amines) is 1. The van der Waals surface area contributed by atoms with Gasteiger partial charge in [0.25, 0.3) is 0 Å². The van der Waals surface area contributed by atoms with Crippen LogP contribution in [-0.2, 0) is 42.3 Å².